The molecule has 0 aromatic heterocycles. The van der Waals surface area contributed by atoms with Crippen LogP contribution in [0.25, 0.3) is 0 Å². The van der Waals surface area contributed by atoms with Crippen LogP contribution in [0.5, 0.6) is 0 Å². The first-order chi connectivity index (χ1) is 9.01. The molecule has 0 aliphatic carbocycles. The Morgan fingerprint density at radius 2 is 2.00 bits per heavy atom. The second-order valence-corrected chi connectivity index (χ2v) is 5.10. The van der Waals surface area contributed by atoms with Crippen molar-refractivity contribution < 1.29 is 19.4 Å². The third-order valence-electron chi connectivity index (χ3n) is 2.86. The topological polar surface area (TPSA) is 63.6 Å². The highest BCUT2D eigenvalue weighted by Crippen LogP contribution is 2.20. The molecule has 0 bridgehead atoms. The maximum Gasteiger partial charge on any atom is 0.306 e. The Morgan fingerprint density at radius 3 is 2.53 bits per heavy atom. The van der Waals surface area contributed by atoms with Crippen LogP contribution in [-0.4, -0.2) is 30.1 Å². The number of Topliss-reactive ketones (excluding diaryl/α,β-unsaturated/α-hetero) is 1. The van der Waals surface area contributed by atoms with Crippen molar-refractivity contribution in [2.75, 3.05) is 13.2 Å². The molecule has 0 fully saturated rings. The zero-order chi connectivity index (χ0) is 14.7. The lowest BCUT2D eigenvalue weighted by molar-refractivity contribution is -0.146. The number of aliphatic hydroxyl groups excluding tert-OH is 1. The number of ketones is 1. The van der Waals surface area contributed by atoms with E-state index in [0.717, 1.165) is 19.3 Å². The van der Waals surface area contributed by atoms with Crippen LogP contribution in [0.4, 0.5) is 0 Å². The third-order valence-corrected chi connectivity index (χ3v) is 2.86. The fourth-order valence-corrected chi connectivity index (χ4v) is 1.96. The average Bonchev–Trinajstić information content (AvgIpc) is 2.37. The first-order valence-corrected chi connectivity index (χ1v) is 6.91. The van der Waals surface area contributed by atoms with E-state index >= 15 is 0 Å². The molecule has 1 atom stereocenters. The highest BCUT2D eigenvalue weighted by molar-refractivity contribution is 5.84. The Balaban J connectivity index is 4.15. The van der Waals surface area contributed by atoms with Gasteiger partial charge in [0.1, 0.15) is 12.4 Å². The number of carbonyl (C=O) groups excluding carboxylic acids is 2. The smallest absolute Gasteiger partial charge is 0.306 e. The largest absolute Gasteiger partial charge is 0.463 e. The molecule has 0 saturated carbocycles. The van der Waals surface area contributed by atoms with E-state index in [1.165, 1.54) is 0 Å². The molecule has 0 aliphatic heterocycles. The van der Waals surface area contributed by atoms with Crippen LogP contribution >= 0.6 is 0 Å². The number of esters is 1. The highest BCUT2D eigenvalue weighted by Gasteiger charge is 2.20. The first-order valence-electron chi connectivity index (χ1n) is 6.91. The summed E-state index contributed by atoms with van der Waals surface area (Å²) < 4.78 is 4.73. The van der Waals surface area contributed by atoms with Crippen LogP contribution in [0.15, 0.2) is 12.7 Å². The summed E-state index contributed by atoms with van der Waals surface area (Å²) in [5.41, 5.74) is 0. The van der Waals surface area contributed by atoms with Gasteiger partial charge in [-0.25, -0.2) is 0 Å². The van der Waals surface area contributed by atoms with E-state index < -0.39 is 5.97 Å². The molecule has 1 unspecified atom stereocenters. The number of allylic oxidation sites excluding steroid dienone is 1. The number of ether oxygens (including phenoxy) is 1. The Labute approximate surface area is 115 Å². The minimum Gasteiger partial charge on any atom is -0.463 e. The van der Waals surface area contributed by atoms with Crippen molar-refractivity contribution in [1.82, 2.24) is 0 Å². The lowest BCUT2D eigenvalue weighted by Crippen LogP contribution is -2.18. The lowest BCUT2D eigenvalue weighted by atomic mass is 9.87. The van der Waals surface area contributed by atoms with Gasteiger partial charge in [-0.15, -0.1) is 6.58 Å². The number of carbonyl (C=O) groups is 2. The number of hydrogen-bond donors (Lipinski definition) is 1. The molecule has 0 rings (SSSR count). The van der Waals surface area contributed by atoms with E-state index in [1.807, 2.05) is 6.08 Å². The summed E-state index contributed by atoms with van der Waals surface area (Å²) in [7, 11) is 0. The Morgan fingerprint density at radius 1 is 1.32 bits per heavy atom. The molecular weight excluding hydrogens is 244 g/mol. The summed E-state index contributed by atoms with van der Waals surface area (Å²) in [5, 5.41) is 8.52. The monoisotopic (exact) mass is 270 g/mol. The zero-order valence-electron chi connectivity index (χ0n) is 12.1. The molecular formula is C15H26O4. The number of aliphatic hydroxyl groups is 1. The molecule has 0 saturated heterocycles. The quantitative estimate of drug-likeness (QED) is 0.463. The Kier molecular flexibility index (Phi) is 10.1. The summed E-state index contributed by atoms with van der Waals surface area (Å²) in [4.78, 5) is 23.3. The lowest BCUT2D eigenvalue weighted by Gasteiger charge is -2.17. The van der Waals surface area contributed by atoms with Crippen molar-refractivity contribution >= 4 is 11.8 Å². The van der Waals surface area contributed by atoms with Crippen molar-refractivity contribution in [1.29, 1.82) is 0 Å². The van der Waals surface area contributed by atoms with Gasteiger partial charge in [-0.1, -0.05) is 19.9 Å². The van der Waals surface area contributed by atoms with E-state index in [2.05, 4.69) is 20.4 Å². The molecule has 4 heteroatoms. The second-order valence-electron chi connectivity index (χ2n) is 5.10. The van der Waals surface area contributed by atoms with Gasteiger partial charge in [0.15, 0.2) is 0 Å². The number of hydrogen-bond acceptors (Lipinski definition) is 4. The minimum absolute atomic E-state index is 0.00108. The molecule has 110 valence electrons. The van der Waals surface area contributed by atoms with Crippen LogP contribution in [0, 0.1) is 11.8 Å². The van der Waals surface area contributed by atoms with E-state index in [9.17, 15) is 9.59 Å². The fraction of sp³-hybridized carbons (Fsp3) is 0.733. The van der Waals surface area contributed by atoms with Crippen molar-refractivity contribution in [2.45, 2.75) is 46.0 Å². The van der Waals surface area contributed by atoms with Crippen molar-refractivity contribution in [3.63, 3.8) is 0 Å². The summed E-state index contributed by atoms with van der Waals surface area (Å²) in [6.45, 7) is 7.66. The summed E-state index contributed by atoms with van der Waals surface area (Å²) in [6, 6.07) is 0. The first kappa shape index (κ1) is 17.8. The van der Waals surface area contributed by atoms with Gasteiger partial charge in [0.25, 0.3) is 0 Å². The zero-order valence-corrected chi connectivity index (χ0v) is 12.1. The van der Waals surface area contributed by atoms with Crippen LogP contribution in [0.1, 0.15) is 46.0 Å². The summed E-state index contributed by atoms with van der Waals surface area (Å²) in [6.07, 6.45) is 4.60. The Bertz CT molecular complexity index is 284. The van der Waals surface area contributed by atoms with Crippen LogP contribution in [-0.2, 0) is 14.3 Å². The van der Waals surface area contributed by atoms with E-state index in [0.29, 0.717) is 5.92 Å². The van der Waals surface area contributed by atoms with Gasteiger partial charge in [0.2, 0.25) is 0 Å². The van der Waals surface area contributed by atoms with E-state index in [-0.39, 0.29) is 37.8 Å². The molecule has 0 spiro atoms. The predicted octanol–water partition coefficient (Wildman–Crippen LogP) is 2.50. The molecule has 0 radical (unpaired) electrons. The molecule has 0 aromatic carbocycles. The standard InChI is InChI=1S/C15H26O4/c1-4-5-6-13(11-12(2)3)14(17)7-8-15(18)19-10-9-16/h4,12-13,16H,1,5-11H2,2-3H3. The summed E-state index contributed by atoms with van der Waals surface area (Å²) >= 11 is 0. The van der Waals surface area contributed by atoms with E-state index in [4.69, 9.17) is 9.84 Å². The third kappa shape index (κ3) is 9.42. The van der Waals surface area contributed by atoms with Gasteiger partial charge < -0.3 is 9.84 Å². The van der Waals surface area contributed by atoms with Crippen LogP contribution < -0.4 is 0 Å². The summed E-state index contributed by atoms with van der Waals surface area (Å²) in [5.74, 6) is 0.162. The van der Waals surface area contributed by atoms with Gasteiger partial charge >= 0.3 is 5.97 Å². The van der Waals surface area contributed by atoms with Crippen molar-refractivity contribution in [2.24, 2.45) is 11.8 Å². The van der Waals surface area contributed by atoms with Gasteiger partial charge in [-0.05, 0) is 25.2 Å². The SMILES string of the molecule is C=CCCC(CC(C)C)C(=O)CCC(=O)OCCO. The normalized spacial score (nSPS) is 12.2. The average molecular weight is 270 g/mol. The van der Waals surface area contributed by atoms with Crippen molar-refractivity contribution in [3.8, 4) is 0 Å². The second kappa shape index (κ2) is 10.7. The van der Waals surface area contributed by atoms with Crippen molar-refractivity contribution in [3.05, 3.63) is 12.7 Å². The molecule has 4 nitrogen and oxygen atoms in total. The molecule has 0 heterocycles. The molecule has 0 aromatic rings. The Hall–Kier alpha value is -1.16. The molecule has 0 aliphatic rings. The van der Waals surface area contributed by atoms with Gasteiger partial charge in [-0.2, -0.15) is 0 Å². The van der Waals surface area contributed by atoms with Crippen LogP contribution in [0.2, 0.25) is 0 Å². The highest BCUT2D eigenvalue weighted by atomic mass is 16.5. The fourth-order valence-electron chi connectivity index (χ4n) is 1.96. The predicted molar refractivity (Wildman–Crippen MR) is 74.7 cm³/mol. The van der Waals surface area contributed by atoms with E-state index in [1.54, 1.807) is 0 Å². The minimum atomic E-state index is -0.422. The molecule has 19 heavy (non-hydrogen) atoms. The number of rotatable bonds is 11. The molecule has 0 amide bonds. The van der Waals surface area contributed by atoms with Gasteiger partial charge in [-0.3, -0.25) is 9.59 Å². The maximum atomic E-state index is 12.1. The van der Waals surface area contributed by atoms with Gasteiger partial charge in [0.05, 0.1) is 13.0 Å². The van der Waals surface area contributed by atoms with Crippen LogP contribution in [0.3, 0.4) is 0 Å². The van der Waals surface area contributed by atoms with Gasteiger partial charge in [0, 0.05) is 12.3 Å². The molecule has 1 N–H and O–H groups in total. The maximum absolute atomic E-state index is 12.1.